The van der Waals surface area contributed by atoms with E-state index in [-0.39, 0.29) is 0 Å². The van der Waals surface area contributed by atoms with Gasteiger partial charge in [0.2, 0.25) is 0 Å². The number of nitrogens with zero attached hydrogens (tertiary/aromatic N) is 1. The van der Waals surface area contributed by atoms with E-state index in [2.05, 4.69) is 35.2 Å². The molecule has 1 saturated heterocycles. The molecule has 0 saturated carbocycles. The number of rotatable bonds is 9. The molecule has 7 heteroatoms. The van der Waals surface area contributed by atoms with Crippen LogP contribution in [0.5, 0.6) is 28.7 Å². The van der Waals surface area contributed by atoms with Crippen molar-refractivity contribution in [2.75, 3.05) is 53.7 Å². The minimum absolute atomic E-state index is 0.609. The van der Waals surface area contributed by atoms with Crippen LogP contribution in [0.15, 0.2) is 66.7 Å². The Balaban J connectivity index is 1.32. The van der Waals surface area contributed by atoms with Crippen molar-refractivity contribution in [3.05, 3.63) is 66.7 Å². The third-order valence-corrected chi connectivity index (χ3v) is 7.16. The number of methoxy groups -OCH3 is 2. The summed E-state index contributed by atoms with van der Waals surface area (Å²) < 4.78 is 30.1. The highest BCUT2D eigenvalue weighted by atomic mass is 32.1. The predicted molar refractivity (Wildman–Crippen MR) is 140 cm³/mol. The lowest BCUT2D eigenvalue weighted by Crippen LogP contribution is -2.38. The molecule has 0 unspecified atom stereocenters. The van der Waals surface area contributed by atoms with Crippen molar-refractivity contribution in [1.29, 1.82) is 0 Å². The Kier molecular flexibility index (Phi) is 7.37. The molecular weight excluding hydrogens is 462 g/mol. The van der Waals surface area contributed by atoms with Crippen LogP contribution in [-0.2, 0) is 4.74 Å². The first-order chi connectivity index (χ1) is 17.2. The molecule has 6 nitrogen and oxygen atoms in total. The Labute approximate surface area is 209 Å². The summed E-state index contributed by atoms with van der Waals surface area (Å²) in [7, 11) is 3.30. The Morgan fingerprint density at radius 1 is 0.829 bits per heavy atom. The zero-order valence-corrected chi connectivity index (χ0v) is 20.8. The maximum Gasteiger partial charge on any atom is 0.170 e. The van der Waals surface area contributed by atoms with Crippen molar-refractivity contribution in [1.82, 2.24) is 4.90 Å². The van der Waals surface area contributed by atoms with Crippen LogP contribution in [0, 0.1) is 0 Å². The normalized spacial score (nSPS) is 14.1. The average molecular weight is 492 g/mol. The minimum atomic E-state index is 0.609. The van der Waals surface area contributed by atoms with E-state index in [1.165, 1.54) is 10.1 Å². The van der Waals surface area contributed by atoms with Gasteiger partial charge in [0, 0.05) is 40.8 Å². The van der Waals surface area contributed by atoms with Gasteiger partial charge in [-0.25, -0.2) is 0 Å². The van der Waals surface area contributed by atoms with E-state index in [9.17, 15) is 0 Å². The molecule has 2 heterocycles. The van der Waals surface area contributed by atoms with E-state index in [4.69, 9.17) is 23.7 Å². The first-order valence-corrected chi connectivity index (χ1v) is 12.5. The summed E-state index contributed by atoms with van der Waals surface area (Å²) >= 11 is 1.72. The molecule has 3 aromatic carbocycles. The number of fused-ring (bicyclic) bond motifs is 1. The quantitative estimate of drug-likeness (QED) is 0.282. The largest absolute Gasteiger partial charge is 0.496 e. The fraction of sp³-hybridized carbons (Fsp3) is 0.286. The van der Waals surface area contributed by atoms with Crippen molar-refractivity contribution in [3.8, 4) is 39.2 Å². The summed E-state index contributed by atoms with van der Waals surface area (Å²) in [5, 5.41) is 1.21. The number of thiophene rings is 1. The van der Waals surface area contributed by atoms with Crippen molar-refractivity contribution < 1.29 is 23.7 Å². The molecule has 0 radical (unpaired) electrons. The smallest absolute Gasteiger partial charge is 0.170 e. The molecule has 5 rings (SSSR count). The van der Waals surface area contributed by atoms with Gasteiger partial charge < -0.3 is 23.7 Å². The van der Waals surface area contributed by atoms with E-state index in [0.717, 1.165) is 54.8 Å². The molecule has 4 aromatic rings. The first kappa shape index (κ1) is 23.5. The van der Waals surface area contributed by atoms with Crippen LogP contribution in [-0.4, -0.2) is 58.6 Å². The van der Waals surface area contributed by atoms with Crippen molar-refractivity contribution >= 4 is 21.4 Å². The van der Waals surface area contributed by atoms with Gasteiger partial charge in [-0.15, -0.1) is 11.3 Å². The Morgan fingerprint density at radius 3 is 2.31 bits per heavy atom. The Hall–Kier alpha value is -3.26. The van der Waals surface area contributed by atoms with Crippen LogP contribution in [0.4, 0.5) is 0 Å². The van der Waals surface area contributed by atoms with Crippen LogP contribution < -0.4 is 18.9 Å². The summed E-state index contributed by atoms with van der Waals surface area (Å²) in [6.07, 6.45) is 0. The molecule has 0 N–H and O–H groups in total. The molecule has 182 valence electrons. The first-order valence-electron chi connectivity index (χ1n) is 11.7. The van der Waals surface area contributed by atoms with E-state index >= 15 is 0 Å². The highest BCUT2D eigenvalue weighted by molar-refractivity contribution is 7.22. The zero-order valence-electron chi connectivity index (χ0n) is 20.0. The van der Waals surface area contributed by atoms with Crippen LogP contribution in [0.3, 0.4) is 0 Å². The lowest BCUT2D eigenvalue weighted by molar-refractivity contribution is 0.0322. The molecule has 1 fully saturated rings. The fourth-order valence-electron chi connectivity index (χ4n) is 4.10. The molecular formula is C28H29NO5S. The molecule has 0 atom stereocenters. The van der Waals surface area contributed by atoms with E-state index in [1.807, 2.05) is 36.4 Å². The van der Waals surface area contributed by atoms with Gasteiger partial charge in [0.25, 0.3) is 0 Å². The maximum atomic E-state index is 6.24. The van der Waals surface area contributed by atoms with Gasteiger partial charge in [0.15, 0.2) is 11.5 Å². The number of hydrogen-bond donors (Lipinski definition) is 0. The van der Waals surface area contributed by atoms with E-state index < -0.39 is 0 Å². The number of hydrogen-bond acceptors (Lipinski definition) is 7. The SMILES string of the molecule is COc1cc(OC)c(-c2cc3ccccc3s2)cc1Oc1ccc(OCCN2CCOCC2)cc1. The third-order valence-electron chi connectivity index (χ3n) is 6.01. The number of ether oxygens (including phenoxy) is 5. The molecule has 0 spiro atoms. The van der Waals surface area contributed by atoms with Crippen molar-refractivity contribution in [2.24, 2.45) is 0 Å². The maximum absolute atomic E-state index is 6.24. The second-order valence-electron chi connectivity index (χ2n) is 8.23. The lowest BCUT2D eigenvalue weighted by atomic mass is 10.1. The number of morpholine rings is 1. The van der Waals surface area contributed by atoms with Crippen LogP contribution >= 0.6 is 11.3 Å². The molecule has 0 amide bonds. The second-order valence-corrected chi connectivity index (χ2v) is 9.31. The molecule has 0 bridgehead atoms. The highest BCUT2D eigenvalue weighted by Gasteiger charge is 2.17. The van der Waals surface area contributed by atoms with Gasteiger partial charge in [-0.1, -0.05) is 18.2 Å². The summed E-state index contributed by atoms with van der Waals surface area (Å²) in [4.78, 5) is 3.46. The Morgan fingerprint density at radius 2 is 1.57 bits per heavy atom. The summed E-state index contributed by atoms with van der Waals surface area (Å²) in [5.74, 6) is 3.50. The topological polar surface area (TPSA) is 49.4 Å². The molecule has 35 heavy (non-hydrogen) atoms. The van der Waals surface area contributed by atoms with Crippen LogP contribution in [0.1, 0.15) is 0 Å². The Bertz CT molecular complexity index is 1230. The molecule has 1 aliphatic rings. The standard InChI is InChI=1S/C28H29NO5S/c1-30-24-19-25(31-2)26(18-23(24)28-17-20-5-3-4-6-27(20)35-28)34-22-9-7-21(8-10-22)33-16-13-29-11-14-32-15-12-29/h3-10,17-19H,11-16H2,1-2H3. The van der Waals surface area contributed by atoms with Gasteiger partial charge in [-0.3, -0.25) is 4.90 Å². The van der Waals surface area contributed by atoms with Gasteiger partial charge in [-0.2, -0.15) is 0 Å². The van der Waals surface area contributed by atoms with Gasteiger partial charge in [0.1, 0.15) is 23.9 Å². The summed E-state index contributed by atoms with van der Waals surface area (Å²) in [6, 6.07) is 22.1. The average Bonchev–Trinajstić information content (AvgIpc) is 3.34. The summed E-state index contributed by atoms with van der Waals surface area (Å²) in [5.41, 5.74) is 0.965. The molecule has 0 aliphatic carbocycles. The predicted octanol–water partition coefficient (Wildman–Crippen LogP) is 6.09. The van der Waals surface area contributed by atoms with Gasteiger partial charge in [0.05, 0.1) is 27.4 Å². The molecule has 1 aromatic heterocycles. The monoisotopic (exact) mass is 491 g/mol. The number of benzene rings is 3. The lowest BCUT2D eigenvalue weighted by Gasteiger charge is -2.26. The van der Waals surface area contributed by atoms with E-state index in [1.54, 1.807) is 25.6 Å². The van der Waals surface area contributed by atoms with Crippen molar-refractivity contribution in [3.63, 3.8) is 0 Å². The molecule has 1 aliphatic heterocycles. The highest BCUT2D eigenvalue weighted by Crippen LogP contribution is 2.45. The third kappa shape index (κ3) is 5.53. The van der Waals surface area contributed by atoms with Crippen LogP contribution in [0.25, 0.3) is 20.5 Å². The van der Waals surface area contributed by atoms with Gasteiger partial charge >= 0.3 is 0 Å². The second kappa shape index (κ2) is 11.0. The van der Waals surface area contributed by atoms with Crippen molar-refractivity contribution in [2.45, 2.75) is 0 Å². The van der Waals surface area contributed by atoms with E-state index in [0.29, 0.717) is 23.9 Å². The minimum Gasteiger partial charge on any atom is -0.496 e. The fourth-order valence-corrected chi connectivity index (χ4v) is 5.19. The van der Waals surface area contributed by atoms with Crippen LogP contribution in [0.2, 0.25) is 0 Å². The van der Waals surface area contributed by atoms with Gasteiger partial charge in [-0.05, 0) is 47.9 Å². The zero-order chi connectivity index (χ0) is 24.0. The summed E-state index contributed by atoms with van der Waals surface area (Å²) in [6.45, 7) is 5.06.